The highest BCUT2D eigenvalue weighted by Crippen LogP contribution is 2.19. The Hall–Kier alpha value is -3.45. The third-order valence-corrected chi connectivity index (χ3v) is 5.52. The van der Waals surface area contributed by atoms with E-state index in [9.17, 15) is 9.59 Å². The van der Waals surface area contributed by atoms with E-state index in [0.717, 1.165) is 22.0 Å². The molecule has 3 heterocycles. The first kappa shape index (κ1) is 18.9. The molecule has 0 aliphatic carbocycles. The van der Waals surface area contributed by atoms with Crippen LogP contribution in [0.4, 0.5) is 0 Å². The Labute approximate surface area is 172 Å². The van der Waals surface area contributed by atoms with Gasteiger partial charge < -0.3 is 15.6 Å². The van der Waals surface area contributed by atoms with E-state index in [1.165, 1.54) is 11.3 Å². The van der Waals surface area contributed by atoms with Gasteiger partial charge in [-0.3, -0.25) is 14.6 Å². The van der Waals surface area contributed by atoms with Crippen LogP contribution in [0, 0.1) is 0 Å². The number of amides is 2. The maximum absolute atomic E-state index is 12.9. The molecule has 2 amide bonds. The molecule has 0 aliphatic heterocycles. The molecule has 0 fully saturated rings. The van der Waals surface area contributed by atoms with Crippen LogP contribution in [-0.4, -0.2) is 27.8 Å². The molecule has 0 spiro atoms. The molecule has 29 heavy (non-hydrogen) atoms. The van der Waals surface area contributed by atoms with E-state index in [4.69, 9.17) is 0 Å². The summed E-state index contributed by atoms with van der Waals surface area (Å²) in [6.45, 7) is 0.353. The number of nitrogens with zero attached hydrogens (tertiary/aromatic N) is 1. The summed E-state index contributed by atoms with van der Waals surface area (Å²) in [6, 6.07) is 14.5. The van der Waals surface area contributed by atoms with Gasteiger partial charge in [-0.15, -0.1) is 11.3 Å². The number of pyridine rings is 1. The van der Waals surface area contributed by atoms with Gasteiger partial charge in [-0.2, -0.15) is 0 Å². The molecule has 1 atom stereocenters. The highest BCUT2D eigenvalue weighted by atomic mass is 32.1. The van der Waals surface area contributed by atoms with Crippen LogP contribution in [0.15, 0.2) is 72.5 Å². The molecule has 146 valence electrons. The van der Waals surface area contributed by atoms with E-state index in [-0.39, 0.29) is 11.8 Å². The van der Waals surface area contributed by atoms with Crippen molar-refractivity contribution in [2.24, 2.45) is 0 Å². The van der Waals surface area contributed by atoms with Crippen molar-refractivity contribution in [2.45, 2.75) is 19.0 Å². The number of benzene rings is 1. The van der Waals surface area contributed by atoms with E-state index in [2.05, 4.69) is 20.6 Å². The number of nitrogens with one attached hydrogen (secondary N) is 3. The first-order valence-corrected chi connectivity index (χ1v) is 10.1. The highest BCUT2D eigenvalue weighted by Gasteiger charge is 2.23. The van der Waals surface area contributed by atoms with Crippen LogP contribution in [-0.2, 0) is 17.8 Å². The lowest BCUT2D eigenvalue weighted by Gasteiger charge is -2.18. The first-order valence-electron chi connectivity index (χ1n) is 9.26. The van der Waals surface area contributed by atoms with Crippen LogP contribution in [0.2, 0.25) is 0 Å². The largest absolute Gasteiger partial charge is 0.361 e. The fourth-order valence-electron chi connectivity index (χ4n) is 3.18. The van der Waals surface area contributed by atoms with E-state index >= 15 is 0 Å². The van der Waals surface area contributed by atoms with Gasteiger partial charge in [-0.1, -0.05) is 30.3 Å². The summed E-state index contributed by atoms with van der Waals surface area (Å²) < 4.78 is 0. The van der Waals surface area contributed by atoms with Gasteiger partial charge in [-0.25, -0.2) is 0 Å². The minimum Gasteiger partial charge on any atom is -0.361 e. The fourth-order valence-corrected chi connectivity index (χ4v) is 3.81. The molecule has 0 bridgehead atoms. The summed E-state index contributed by atoms with van der Waals surface area (Å²) in [4.78, 5) is 33.4. The number of rotatable bonds is 7. The number of thiophene rings is 1. The molecule has 0 aliphatic rings. The van der Waals surface area contributed by atoms with Crippen LogP contribution in [0.5, 0.6) is 0 Å². The monoisotopic (exact) mass is 404 g/mol. The predicted octanol–water partition coefficient (Wildman–Crippen LogP) is 3.28. The number of hydrogen-bond acceptors (Lipinski definition) is 4. The van der Waals surface area contributed by atoms with Crippen LogP contribution in [0.3, 0.4) is 0 Å². The van der Waals surface area contributed by atoms with Crippen molar-refractivity contribution in [3.63, 3.8) is 0 Å². The van der Waals surface area contributed by atoms with Gasteiger partial charge in [0.05, 0.1) is 4.88 Å². The van der Waals surface area contributed by atoms with E-state index in [1.807, 2.05) is 54.0 Å². The molecule has 3 N–H and O–H groups in total. The summed E-state index contributed by atoms with van der Waals surface area (Å²) in [6.07, 6.45) is 5.68. The minimum absolute atomic E-state index is 0.232. The van der Waals surface area contributed by atoms with Crippen molar-refractivity contribution >= 4 is 34.1 Å². The predicted molar refractivity (Wildman–Crippen MR) is 114 cm³/mol. The summed E-state index contributed by atoms with van der Waals surface area (Å²) in [5.41, 5.74) is 2.88. The maximum Gasteiger partial charge on any atom is 0.262 e. The van der Waals surface area contributed by atoms with Crippen LogP contribution in [0.1, 0.15) is 20.8 Å². The first-order chi connectivity index (χ1) is 14.2. The van der Waals surface area contributed by atoms with Gasteiger partial charge in [0.1, 0.15) is 6.04 Å². The Bertz CT molecular complexity index is 1110. The number of carbonyl (C=O) groups excluding carboxylic acids is 2. The molecule has 0 saturated carbocycles. The Morgan fingerprint density at radius 2 is 2.00 bits per heavy atom. The number of fused-ring (bicyclic) bond motifs is 1. The van der Waals surface area contributed by atoms with Crippen molar-refractivity contribution in [3.8, 4) is 0 Å². The van der Waals surface area contributed by atoms with Crippen molar-refractivity contribution in [3.05, 3.63) is 88.5 Å². The molecule has 6 nitrogen and oxygen atoms in total. The Balaban J connectivity index is 1.52. The molecular weight excluding hydrogens is 384 g/mol. The molecule has 3 aromatic heterocycles. The van der Waals surface area contributed by atoms with Crippen molar-refractivity contribution in [1.82, 2.24) is 20.6 Å². The second-order valence-electron chi connectivity index (χ2n) is 6.65. The zero-order valence-corrected chi connectivity index (χ0v) is 16.4. The lowest BCUT2D eigenvalue weighted by Crippen LogP contribution is -2.47. The number of H-pyrrole nitrogens is 1. The number of carbonyl (C=O) groups is 2. The van der Waals surface area contributed by atoms with Gasteiger partial charge >= 0.3 is 0 Å². The molecule has 7 heteroatoms. The average Bonchev–Trinajstić information content (AvgIpc) is 3.43. The maximum atomic E-state index is 12.9. The van der Waals surface area contributed by atoms with E-state index in [1.54, 1.807) is 18.5 Å². The molecular formula is C22H20N4O2S. The standard InChI is InChI=1S/C22H20N4O2S/c27-21(25-13-15-5-3-9-23-12-15)19(26-22(28)20-8-4-10-29-20)11-16-14-24-18-7-2-1-6-17(16)18/h1-10,12,14,19,24H,11,13H2,(H,25,27)(H,26,28)/t19-/m0/s1. The van der Waals surface area contributed by atoms with E-state index < -0.39 is 6.04 Å². The second-order valence-corrected chi connectivity index (χ2v) is 7.59. The minimum atomic E-state index is -0.694. The summed E-state index contributed by atoms with van der Waals surface area (Å²) in [5.74, 6) is -0.481. The van der Waals surface area contributed by atoms with Crippen molar-refractivity contribution in [1.29, 1.82) is 0 Å². The zero-order valence-electron chi connectivity index (χ0n) is 15.6. The second kappa shape index (κ2) is 8.70. The van der Waals surface area contributed by atoms with E-state index in [0.29, 0.717) is 17.8 Å². The lowest BCUT2D eigenvalue weighted by molar-refractivity contribution is -0.123. The SMILES string of the molecule is O=C(N[C@@H](Cc1c[nH]c2ccccc12)C(=O)NCc1cccnc1)c1cccs1. The van der Waals surface area contributed by atoms with Gasteiger partial charge in [0.15, 0.2) is 0 Å². The quantitative estimate of drug-likeness (QED) is 0.442. The zero-order chi connectivity index (χ0) is 20.1. The van der Waals surface area contributed by atoms with Crippen molar-refractivity contribution < 1.29 is 9.59 Å². The topological polar surface area (TPSA) is 86.9 Å². The smallest absolute Gasteiger partial charge is 0.262 e. The number of aromatic nitrogens is 2. The molecule has 4 aromatic rings. The molecule has 0 radical (unpaired) electrons. The third-order valence-electron chi connectivity index (χ3n) is 4.66. The van der Waals surface area contributed by atoms with Gasteiger partial charge in [-0.05, 0) is 34.7 Å². The Kier molecular flexibility index (Phi) is 5.67. The van der Waals surface area contributed by atoms with Crippen LogP contribution < -0.4 is 10.6 Å². The number of para-hydroxylation sites is 1. The molecule has 0 saturated heterocycles. The summed E-state index contributed by atoms with van der Waals surface area (Å²) >= 11 is 1.35. The Morgan fingerprint density at radius 1 is 1.10 bits per heavy atom. The van der Waals surface area contributed by atoms with Crippen LogP contribution in [0.25, 0.3) is 10.9 Å². The molecule has 1 aromatic carbocycles. The number of hydrogen-bond donors (Lipinski definition) is 3. The summed E-state index contributed by atoms with van der Waals surface area (Å²) in [7, 11) is 0. The highest BCUT2D eigenvalue weighted by molar-refractivity contribution is 7.12. The summed E-state index contributed by atoms with van der Waals surface area (Å²) in [5, 5.41) is 8.68. The molecule has 4 rings (SSSR count). The van der Waals surface area contributed by atoms with Crippen LogP contribution >= 0.6 is 11.3 Å². The Morgan fingerprint density at radius 3 is 2.79 bits per heavy atom. The van der Waals surface area contributed by atoms with Gasteiger partial charge in [0, 0.05) is 42.5 Å². The van der Waals surface area contributed by atoms with Crippen molar-refractivity contribution in [2.75, 3.05) is 0 Å². The lowest BCUT2D eigenvalue weighted by atomic mass is 10.0. The number of aromatic amines is 1. The normalized spacial score (nSPS) is 11.9. The average molecular weight is 404 g/mol. The molecule has 0 unspecified atom stereocenters. The van der Waals surface area contributed by atoms with Gasteiger partial charge in [0.25, 0.3) is 5.91 Å². The fraction of sp³-hybridized carbons (Fsp3) is 0.136. The van der Waals surface area contributed by atoms with Gasteiger partial charge in [0.2, 0.25) is 5.91 Å². The third kappa shape index (κ3) is 4.52.